The summed E-state index contributed by atoms with van der Waals surface area (Å²) in [5, 5.41) is 3.72. The molecule has 0 bridgehead atoms. The van der Waals surface area contributed by atoms with Crippen LogP contribution >= 0.6 is 0 Å². The van der Waals surface area contributed by atoms with Gasteiger partial charge in [0.2, 0.25) is 0 Å². The lowest BCUT2D eigenvalue weighted by Gasteiger charge is -1.99. The summed E-state index contributed by atoms with van der Waals surface area (Å²) in [6.07, 6.45) is 0.492. The average molecular weight is 216 g/mol. The van der Waals surface area contributed by atoms with Crippen molar-refractivity contribution in [1.82, 2.24) is 10.1 Å². The zero-order valence-electron chi connectivity index (χ0n) is 9.23. The summed E-state index contributed by atoms with van der Waals surface area (Å²) < 4.78 is 5.05. The summed E-state index contributed by atoms with van der Waals surface area (Å²) >= 11 is 0. The van der Waals surface area contributed by atoms with Crippen LogP contribution in [0.1, 0.15) is 29.5 Å². The molecule has 0 amide bonds. The van der Waals surface area contributed by atoms with Crippen molar-refractivity contribution in [3.8, 4) is 11.5 Å². The van der Waals surface area contributed by atoms with Crippen molar-refractivity contribution in [3.05, 3.63) is 35.7 Å². The third-order valence-electron chi connectivity index (χ3n) is 2.28. The molecule has 0 aliphatic heterocycles. The summed E-state index contributed by atoms with van der Waals surface area (Å²) in [5.41, 5.74) is 1.45. The standard InChI is InChI=1S/C12H12N2O2/c1-3-11(15)9-5-4-6-10(7-9)12-13-8(2)14-16-12/h4-7H,3H2,1-2H3. The van der Waals surface area contributed by atoms with Gasteiger partial charge >= 0.3 is 0 Å². The molecule has 1 heterocycles. The van der Waals surface area contributed by atoms with E-state index in [1.165, 1.54) is 0 Å². The quantitative estimate of drug-likeness (QED) is 0.740. The second-order valence-corrected chi connectivity index (χ2v) is 3.50. The molecule has 0 radical (unpaired) electrons. The molecule has 0 N–H and O–H groups in total. The Balaban J connectivity index is 2.39. The molecule has 16 heavy (non-hydrogen) atoms. The van der Waals surface area contributed by atoms with Gasteiger partial charge in [0.05, 0.1) is 0 Å². The molecule has 4 heteroatoms. The van der Waals surface area contributed by atoms with Crippen LogP contribution in [0.3, 0.4) is 0 Å². The molecular weight excluding hydrogens is 204 g/mol. The lowest BCUT2D eigenvalue weighted by atomic mass is 10.1. The van der Waals surface area contributed by atoms with E-state index in [1.807, 2.05) is 19.1 Å². The lowest BCUT2D eigenvalue weighted by molar-refractivity contribution is 0.0988. The number of Topliss-reactive ketones (excluding diaryl/α,β-unsaturated/α-hetero) is 1. The summed E-state index contributed by atoms with van der Waals surface area (Å²) in [5.74, 6) is 1.14. The maximum Gasteiger partial charge on any atom is 0.257 e. The Morgan fingerprint density at radius 1 is 1.44 bits per heavy atom. The molecular formula is C12H12N2O2. The van der Waals surface area contributed by atoms with Crippen LogP contribution in [0.2, 0.25) is 0 Å². The highest BCUT2D eigenvalue weighted by Gasteiger charge is 2.09. The average Bonchev–Trinajstić information content (AvgIpc) is 2.75. The van der Waals surface area contributed by atoms with Gasteiger partial charge in [-0.3, -0.25) is 4.79 Å². The minimum Gasteiger partial charge on any atom is -0.334 e. The molecule has 4 nitrogen and oxygen atoms in total. The predicted molar refractivity (Wildman–Crippen MR) is 59.1 cm³/mol. The first-order chi connectivity index (χ1) is 7.70. The first-order valence-electron chi connectivity index (χ1n) is 5.14. The smallest absolute Gasteiger partial charge is 0.257 e. The first-order valence-corrected chi connectivity index (χ1v) is 5.14. The predicted octanol–water partition coefficient (Wildman–Crippen LogP) is 2.64. The van der Waals surface area contributed by atoms with Gasteiger partial charge in [0.15, 0.2) is 11.6 Å². The van der Waals surface area contributed by atoms with Crippen LogP contribution in [0.5, 0.6) is 0 Å². The van der Waals surface area contributed by atoms with Crippen molar-refractivity contribution in [2.24, 2.45) is 0 Å². The van der Waals surface area contributed by atoms with Crippen molar-refractivity contribution in [2.45, 2.75) is 20.3 Å². The fourth-order valence-corrected chi connectivity index (χ4v) is 1.44. The van der Waals surface area contributed by atoms with Gasteiger partial charge in [-0.05, 0) is 19.1 Å². The number of aromatic nitrogens is 2. The fraction of sp³-hybridized carbons (Fsp3) is 0.250. The van der Waals surface area contributed by atoms with E-state index in [1.54, 1.807) is 19.1 Å². The van der Waals surface area contributed by atoms with Gasteiger partial charge < -0.3 is 4.52 Å². The lowest BCUT2D eigenvalue weighted by Crippen LogP contribution is -1.96. The van der Waals surface area contributed by atoms with Gasteiger partial charge in [-0.2, -0.15) is 4.98 Å². The second kappa shape index (κ2) is 4.26. The Morgan fingerprint density at radius 3 is 2.88 bits per heavy atom. The van der Waals surface area contributed by atoms with Gasteiger partial charge in [0, 0.05) is 17.5 Å². The number of hydrogen-bond donors (Lipinski definition) is 0. The van der Waals surface area contributed by atoms with Crippen LogP contribution < -0.4 is 0 Å². The largest absolute Gasteiger partial charge is 0.334 e. The number of aryl methyl sites for hydroxylation is 1. The molecule has 0 saturated carbocycles. The molecule has 0 unspecified atom stereocenters. The summed E-state index contributed by atoms with van der Waals surface area (Å²) in [6, 6.07) is 7.23. The van der Waals surface area contributed by atoms with Gasteiger partial charge in [0.1, 0.15) is 0 Å². The van der Waals surface area contributed by atoms with Gasteiger partial charge in [-0.15, -0.1) is 0 Å². The first kappa shape index (κ1) is 10.5. The highest BCUT2D eigenvalue weighted by molar-refractivity contribution is 5.96. The monoisotopic (exact) mass is 216 g/mol. The van der Waals surface area contributed by atoms with E-state index in [4.69, 9.17) is 4.52 Å². The second-order valence-electron chi connectivity index (χ2n) is 3.50. The Kier molecular flexibility index (Phi) is 2.81. The Hall–Kier alpha value is -1.97. The van der Waals surface area contributed by atoms with Crippen molar-refractivity contribution in [3.63, 3.8) is 0 Å². The fourth-order valence-electron chi connectivity index (χ4n) is 1.44. The van der Waals surface area contributed by atoms with Crippen LogP contribution in [0.15, 0.2) is 28.8 Å². The van der Waals surface area contributed by atoms with E-state index >= 15 is 0 Å². The van der Waals surface area contributed by atoms with Crippen molar-refractivity contribution in [2.75, 3.05) is 0 Å². The number of carbonyl (C=O) groups excluding carboxylic acids is 1. The number of ketones is 1. The molecule has 0 aliphatic carbocycles. The maximum absolute atomic E-state index is 11.5. The van der Waals surface area contributed by atoms with E-state index in [-0.39, 0.29) is 5.78 Å². The van der Waals surface area contributed by atoms with Gasteiger partial charge in [-0.25, -0.2) is 0 Å². The minimum atomic E-state index is 0.109. The summed E-state index contributed by atoms with van der Waals surface area (Å²) in [4.78, 5) is 15.7. The molecule has 1 aromatic carbocycles. The number of hydrogen-bond acceptors (Lipinski definition) is 4. The van der Waals surface area contributed by atoms with Crippen LogP contribution in [-0.2, 0) is 0 Å². The summed E-state index contributed by atoms with van der Waals surface area (Å²) in [6.45, 7) is 3.60. The van der Waals surface area contributed by atoms with Crippen LogP contribution in [0, 0.1) is 6.92 Å². The third kappa shape index (κ3) is 2.00. The molecule has 0 saturated heterocycles. The normalized spacial score (nSPS) is 10.4. The van der Waals surface area contributed by atoms with Crippen molar-refractivity contribution < 1.29 is 9.32 Å². The minimum absolute atomic E-state index is 0.109. The molecule has 2 aromatic rings. The highest BCUT2D eigenvalue weighted by atomic mass is 16.5. The SMILES string of the molecule is CCC(=O)c1cccc(-c2nc(C)no2)c1. The van der Waals surface area contributed by atoms with E-state index in [0.29, 0.717) is 23.7 Å². The number of benzene rings is 1. The number of nitrogens with zero attached hydrogens (tertiary/aromatic N) is 2. The third-order valence-corrected chi connectivity index (χ3v) is 2.28. The van der Waals surface area contributed by atoms with E-state index in [9.17, 15) is 4.79 Å². The highest BCUT2D eigenvalue weighted by Crippen LogP contribution is 2.18. The molecule has 0 atom stereocenters. The number of rotatable bonds is 3. The van der Waals surface area contributed by atoms with Crippen LogP contribution in [-0.4, -0.2) is 15.9 Å². The Labute approximate surface area is 93.3 Å². The molecule has 0 spiro atoms. The zero-order chi connectivity index (χ0) is 11.5. The van der Waals surface area contributed by atoms with Crippen molar-refractivity contribution in [1.29, 1.82) is 0 Å². The van der Waals surface area contributed by atoms with Crippen LogP contribution in [0.25, 0.3) is 11.5 Å². The van der Waals surface area contributed by atoms with Gasteiger partial charge in [0.25, 0.3) is 5.89 Å². The zero-order valence-corrected chi connectivity index (χ0v) is 9.23. The number of carbonyl (C=O) groups is 1. The van der Waals surface area contributed by atoms with E-state index < -0.39 is 0 Å². The van der Waals surface area contributed by atoms with E-state index in [2.05, 4.69) is 10.1 Å². The van der Waals surface area contributed by atoms with E-state index in [0.717, 1.165) is 5.56 Å². The molecule has 82 valence electrons. The Bertz CT molecular complexity index is 517. The molecule has 2 rings (SSSR count). The topological polar surface area (TPSA) is 56.0 Å². The van der Waals surface area contributed by atoms with Crippen molar-refractivity contribution >= 4 is 5.78 Å². The maximum atomic E-state index is 11.5. The van der Waals surface area contributed by atoms with Gasteiger partial charge in [-0.1, -0.05) is 24.2 Å². The molecule has 0 fully saturated rings. The Morgan fingerprint density at radius 2 is 2.25 bits per heavy atom. The molecule has 1 aromatic heterocycles. The summed E-state index contributed by atoms with van der Waals surface area (Å²) in [7, 11) is 0. The van der Waals surface area contributed by atoms with Crippen LogP contribution in [0.4, 0.5) is 0 Å². The molecule has 0 aliphatic rings.